The van der Waals surface area contributed by atoms with Crippen LogP contribution in [0.25, 0.3) is 0 Å². The van der Waals surface area contributed by atoms with E-state index in [0.717, 1.165) is 16.8 Å². The van der Waals surface area contributed by atoms with Gasteiger partial charge in [-0.05, 0) is 42.9 Å². The van der Waals surface area contributed by atoms with Crippen LogP contribution in [0.3, 0.4) is 0 Å². The lowest BCUT2D eigenvalue weighted by Crippen LogP contribution is -2.38. The molecule has 1 aliphatic heterocycles. The van der Waals surface area contributed by atoms with Crippen molar-refractivity contribution in [2.75, 3.05) is 7.11 Å². The van der Waals surface area contributed by atoms with Crippen LogP contribution in [0.2, 0.25) is 0 Å². The molecule has 0 bridgehead atoms. The molecule has 1 atom stereocenters. The molecule has 8 nitrogen and oxygen atoms in total. The molecule has 1 aliphatic carbocycles. The zero-order valence-corrected chi connectivity index (χ0v) is 21.1. The minimum absolute atomic E-state index is 0.0880. The van der Waals surface area contributed by atoms with Crippen LogP contribution < -0.4 is 10.1 Å². The number of nitrogens with zero attached hydrogens (tertiary/aromatic N) is 1. The van der Waals surface area contributed by atoms with Gasteiger partial charge in [-0.3, -0.25) is 14.9 Å². The van der Waals surface area contributed by atoms with Gasteiger partial charge in [-0.15, -0.1) is 0 Å². The van der Waals surface area contributed by atoms with Crippen LogP contribution in [-0.4, -0.2) is 23.8 Å². The standard InChI is InChI=1S/C28H30N2O6/c1-16-6-8-18(9-7-16)15-36-23-11-10-19(12-21(23)30(33)34)25-24(27(32)35-5)17(2)29-20-13-28(3,4)14-22(31)26(20)25/h6-12,25,29H,13-15H2,1-5H3. The molecule has 2 aromatic carbocycles. The van der Waals surface area contributed by atoms with Crippen molar-refractivity contribution < 1.29 is 24.0 Å². The van der Waals surface area contributed by atoms with Crippen LogP contribution >= 0.6 is 0 Å². The molecule has 0 radical (unpaired) electrons. The molecular weight excluding hydrogens is 460 g/mol. The average molecular weight is 491 g/mol. The van der Waals surface area contributed by atoms with E-state index < -0.39 is 16.8 Å². The number of carbonyl (C=O) groups excluding carboxylic acids is 2. The van der Waals surface area contributed by atoms with Gasteiger partial charge in [-0.1, -0.05) is 49.7 Å². The van der Waals surface area contributed by atoms with E-state index in [9.17, 15) is 19.7 Å². The number of hydrogen-bond acceptors (Lipinski definition) is 7. The van der Waals surface area contributed by atoms with Gasteiger partial charge in [0.05, 0.1) is 17.6 Å². The Hall–Kier alpha value is -3.94. The number of ketones is 1. The zero-order valence-electron chi connectivity index (χ0n) is 21.1. The Bertz CT molecular complexity index is 1300. The lowest BCUT2D eigenvalue weighted by molar-refractivity contribution is -0.386. The Labute approximate surface area is 210 Å². The number of Topliss-reactive ketones (excluding diaryl/α,β-unsaturated/α-hetero) is 1. The van der Waals surface area contributed by atoms with E-state index in [1.807, 2.05) is 45.0 Å². The second-order valence-electron chi connectivity index (χ2n) is 10.2. The zero-order chi connectivity index (χ0) is 26.2. The smallest absolute Gasteiger partial charge is 0.336 e. The van der Waals surface area contributed by atoms with Gasteiger partial charge in [0.15, 0.2) is 11.5 Å². The molecule has 0 aromatic heterocycles. The van der Waals surface area contributed by atoms with Gasteiger partial charge in [0.25, 0.3) is 0 Å². The Morgan fingerprint density at radius 2 is 1.83 bits per heavy atom. The third-order valence-electron chi connectivity index (χ3n) is 6.67. The lowest BCUT2D eigenvalue weighted by atomic mass is 9.68. The fourth-order valence-corrected chi connectivity index (χ4v) is 4.97. The van der Waals surface area contributed by atoms with Crippen LogP contribution in [0.1, 0.15) is 56.2 Å². The van der Waals surface area contributed by atoms with Crippen molar-refractivity contribution in [3.8, 4) is 5.75 Å². The van der Waals surface area contributed by atoms with Crippen molar-refractivity contribution in [3.05, 3.63) is 91.8 Å². The summed E-state index contributed by atoms with van der Waals surface area (Å²) in [5.41, 5.74) is 4.03. The van der Waals surface area contributed by atoms with Crippen molar-refractivity contribution in [2.24, 2.45) is 5.41 Å². The maximum atomic E-state index is 13.3. The van der Waals surface area contributed by atoms with Crippen LogP contribution in [0, 0.1) is 22.5 Å². The monoisotopic (exact) mass is 490 g/mol. The fourth-order valence-electron chi connectivity index (χ4n) is 4.97. The van der Waals surface area contributed by atoms with Gasteiger partial charge in [0.1, 0.15) is 6.61 Å². The molecule has 1 N–H and O–H groups in total. The van der Waals surface area contributed by atoms with Crippen molar-refractivity contribution in [1.82, 2.24) is 5.32 Å². The summed E-state index contributed by atoms with van der Waals surface area (Å²) in [6.45, 7) is 7.94. The molecule has 1 heterocycles. The Balaban J connectivity index is 1.77. The highest BCUT2D eigenvalue weighted by Crippen LogP contribution is 2.47. The first-order valence-electron chi connectivity index (χ1n) is 11.8. The van der Waals surface area contributed by atoms with E-state index in [0.29, 0.717) is 29.7 Å². The Morgan fingerprint density at radius 3 is 2.47 bits per heavy atom. The van der Waals surface area contributed by atoms with Crippen molar-refractivity contribution in [1.29, 1.82) is 0 Å². The van der Waals surface area contributed by atoms with Crippen LogP contribution in [-0.2, 0) is 20.9 Å². The van der Waals surface area contributed by atoms with Gasteiger partial charge < -0.3 is 14.8 Å². The Kier molecular flexibility index (Phi) is 6.71. The first kappa shape index (κ1) is 25.2. The van der Waals surface area contributed by atoms with Crippen molar-refractivity contribution in [3.63, 3.8) is 0 Å². The molecule has 0 saturated heterocycles. The number of esters is 1. The molecule has 1 unspecified atom stereocenters. The van der Waals surface area contributed by atoms with Gasteiger partial charge >= 0.3 is 11.7 Å². The molecule has 0 amide bonds. The maximum Gasteiger partial charge on any atom is 0.336 e. The summed E-state index contributed by atoms with van der Waals surface area (Å²) >= 11 is 0. The average Bonchev–Trinajstić information content (AvgIpc) is 2.81. The van der Waals surface area contributed by atoms with E-state index in [4.69, 9.17) is 9.47 Å². The third-order valence-corrected chi connectivity index (χ3v) is 6.67. The fraction of sp³-hybridized carbons (Fsp3) is 0.357. The number of nitrogens with one attached hydrogen (secondary N) is 1. The van der Waals surface area contributed by atoms with Gasteiger partial charge in [-0.2, -0.15) is 0 Å². The number of nitro benzene ring substituents is 1. The summed E-state index contributed by atoms with van der Waals surface area (Å²) in [5, 5.41) is 15.3. The quantitative estimate of drug-likeness (QED) is 0.334. The molecule has 0 spiro atoms. The third kappa shape index (κ3) is 4.89. The van der Waals surface area contributed by atoms with Crippen molar-refractivity contribution in [2.45, 2.75) is 53.1 Å². The van der Waals surface area contributed by atoms with E-state index in [1.165, 1.54) is 19.2 Å². The van der Waals surface area contributed by atoms with Crippen LogP contribution in [0.5, 0.6) is 5.75 Å². The topological polar surface area (TPSA) is 108 Å². The van der Waals surface area contributed by atoms with Gasteiger partial charge in [-0.25, -0.2) is 4.79 Å². The molecule has 8 heteroatoms. The minimum Gasteiger partial charge on any atom is -0.482 e. The summed E-state index contributed by atoms with van der Waals surface area (Å²) in [7, 11) is 1.28. The number of benzene rings is 2. The number of carbonyl (C=O) groups is 2. The first-order valence-corrected chi connectivity index (χ1v) is 11.8. The maximum absolute atomic E-state index is 13.3. The highest BCUT2D eigenvalue weighted by atomic mass is 16.6. The largest absolute Gasteiger partial charge is 0.482 e. The molecule has 188 valence electrons. The first-order chi connectivity index (χ1) is 17.0. The number of allylic oxidation sites excluding steroid dienone is 3. The Morgan fingerprint density at radius 1 is 1.14 bits per heavy atom. The number of nitro groups is 1. The van der Waals surface area contributed by atoms with E-state index in [1.54, 1.807) is 13.0 Å². The second-order valence-corrected chi connectivity index (χ2v) is 10.2. The lowest BCUT2D eigenvalue weighted by Gasteiger charge is -2.39. The van der Waals surface area contributed by atoms with E-state index in [-0.39, 0.29) is 34.8 Å². The number of dihydropyridines is 1. The van der Waals surface area contributed by atoms with Crippen molar-refractivity contribution >= 4 is 17.4 Å². The SMILES string of the molecule is COC(=O)C1=C(C)NC2=C(C(=O)CC(C)(C)C2)C1c1ccc(OCc2ccc(C)cc2)c([N+](=O)[O-])c1. The molecule has 2 aromatic rings. The number of hydrogen-bond donors (Lipinski definition) is 1. The van der Waals surface area contributed by atoms with E-state index in [2.05, 4.69) is 5.32 Å². The summed E-state index contributed by atoms with van der Waals surface area (Å²) in [6.07, 6.45) is 0.938. The molecule has 0 saturated carbocycles. The highest BCUT2D eigenvalue weighted by Gasteiger charge is 2.43. The van der Waals surface area contributed by atoms with E-state index >= 15 is 0 Å². The summed E-state index contributed by atoms with van der Waals surface area (Å²) in [6, 6.07) is 12.3. The normalized spacial score (nSPS) is 18.9. The van der Waals surface area contributed by atoms with Gasteiger partial charge in [0.2, 0.25) is 0 Å². The second kappa shape index (κ2) is 9.60. The minimum atomic E-state index is -0.776. The summed E-state index contributed by atoms with van der Waals surface area (Å²) in [4.78, 5) is 37.7. The molecule has 0 fully saturated rings. The molecule has 36 heavy (non-hydrogen) atoms. The molecule has 2 aliphatic rings. The molecule has 4 rings (SSSR count). The van der Waals surface area contributed by atoms with Crippen LogP contribution in [0.15, 0.2) is 65.0 Å². The number of methoxy groups -OCH3 is 1. The predicted molar refractivity (Wildman–Crippen MR) is 134 cm³/mol. The number of rotatable bonds is 6. The highest BCUT2D eigenvalue weighted by molar-refractivity contribution is 6.04. The number of ether oxygens (including phenoxy) is 2. The van der Waals surface area contributed by atoms with Crippen LogP contribution in [0.4, 0.5) is 5.69 Å². The summed E-state index contributed by atoms with van der Waals surface area (Å²) < 4.78 is 10.8. The summed E-state index contributed by atoms with van der Waals surface area (Å²) in [5.74, 6) is -1.34. The van der Waals surface area contributed by atoms with Gasteiger partial charge in [0, 0.05) is 35.4 Å². The number of aryl methyl sites for hydroxylation is 1. The predicted octanol–water partition coefficient (Wildman–Crippen LogP) is 5.26. The molecular formula is C28H30N2O6.